The number of fused-ring (bicyclic) bond motifs is 1. The van der Waals surface area contributed by atoms with Crippen molar-refractivity contribution in [2.75, 3.05) is 25.6 Å². The topological polar surface area (TPSA) is 87.0 Å². The first kappa shape index (κ1) is 19.5. The Morgan fingerprint density at radius 2 is 2.11 bits per heavy atom. The Kier molecular flexibility index (Phi) is 6.54. The second-order valence-corrected chi connectivity index (χ2v) is 6.44. The summed E-state index contributed by atoms with van der Waals surface area (Å²) < 4.78 is 12.7. The van der Waals surface area contributed by atoms with E-state index >= 15 is 0 Å². The minimum absolute atomic E-state index is 0.136. The highest BCUT2D eigenvalue weighted by molar-refractivity contribution is 6.28. The quantitative estimate of drug-likeness (QED) is 0.442. The molecule has 0 aliphatic rings. The molecule has 3 heterocycles. The van der Waals surface area contributed by atoms with Crippen LogP contribution >= 0.6 is 11.6 Å². The van der Waals surface area contributed by atoms with Crippen LogP contribution in [0.2, 0.25) is 5.28 Å². The Labute approximate surface area is 162 Å². The van der Waals surface area contributed by atoms with Crippen LogP contribution in [0, 0.1) is 6.92 Å². The molecule has 3 aromatic rings. The van der Waals surface area contributed by atoms with Crippen LogP contribution in [0.3, 0.4) is 0 Å². The van der Waals surface area contributed by atoms with Gasteiger partial charge in [-0.05, 0) is 42.6 Å². The number of hydrogen-bond acceptors (Lipinski definition) is 7. The van der Waals surface area contributed by atoms with E-state index < -0.39 is 0 Å². The second-order valence-electron chi connectivity index (χ2n) is 6.10. The zero-order valence-corrected chi connectivity index (χ0v) is 16.5. The normalized spacial score (nSPS) is 11.3. The van der Waals surface area contributed by atoms with Crippen LogP contribution in [-0.4, -0.2) is 45.1 Å². The van der Waals surface area contributed by atoms with Crippen molar-refractivity contribution in [3.63, 3.8) is 0 Å². The third kappa shape index (κ3) is 4.71. The van der Waals surface area contributed by atoms with E-state index in [1.54, 1.807) is 13.3 Å². The average molecular weight is 391 g/mol. The van der Waals surface area contributed by atoms with Gasteiger partial charge in [-0.25, -0.2) is 9.97 Å². The fraction of sp³-hybridized carbons (Fsp3) is 0.444. The third-order valence-electron chi connectivity index (χ3n) is 3.87. The molecule has 27 heavy (non-hydrogen) atoms. The van der Waals surface area contributed by atoms with Crippen molar-refractivity contribution in [2.45, 2.75) is 33.4 Å². The fourth-order valence-electron chi connectivity index (χ4n) is 2.72. The lowest BCUT2D eigenvalue weighted by molar-refractivity contribution is 0.124. The molecule has 3 aromatic heterocycles. The predicted molar refractivity (Wildman–Crippen MR) is 104 cm³/mol. The van der Waals surface area contributed by atoms with Crippen molar-refractivity contribution in [2.24, 2.45) is 0 Å². The van der Waals surface area contributed by atoms with E-state index in [9.17, 15) is 0 Å². The third-order valence-corrected chi connectivity index (χ3v) is 4.04. The van der Waals surface area contributed by atoms with Crippen molar-refractivity contribution in [3.05, 3.63) is 34.9 Å². The molecule has 0 aromatic carbocycles. The molecule has 0 spiro atoms. The second kappa shape index (κ2) is 9.07. The fourth-order valence-corrected chi connectivity index (χ4v) is 2.89. The Balaban J connectivity index is 2.02. The van der Waals surface area contributed by atoms with Gasteiger partial charge in [-0.15, -0.1) is 0 Å². The molecule has 0 fully saturated rings. The number of rotatable bonds is 9. The summed E-state index contributed by atoms with van der Waals surface area (Å²) in [6, 6.07) is 3.86. The molecule has 9 heteroatoms. The number of hydrogen-bond donors (Lipinski definition) is 1. The lowest BCUT2D eigenvalue weighted by Gasteiger charge is -2.10. The molecule has 0 aliphatic heterocycles. The minimum Gasteiger partial charge on any atom is -0.380 e. The molecule has 0 unspecified atom stereocenters. The largest absolute Gasteiger partial charge is 0.380 e. The first-order valence-electron chi connectivity index (χ1n) is 8.81. The first-order chi connectivity index (χ1) is 13.1. The highest BCUT2D eigenvalue weighted by Gasteiger charge is 2.19. The molecular weight excluding hydrogens is 368 g/mol. The van der Waals surface area contributed by atoms with Gasteiger partial charge in [-0.3, -0.25) is 4.68 Å². The monoisotopic (exact) mass is 390 g/mol. The van der Waals surface area contributed by atoms with Crippen LogP contribution in [0.1, 0.15) is 24.6 Å². The predicted octanol–water partition coefficient (Wildman–Crippen LogP) is 3.50. The van der Waals surface area contributed by atoms with Gasteiger partial charge in [0.05, 0.1) is 19.8 Å². The maximum absolute atomic E-state index is 6.16. The van der Waals surface area contributed by atoms with E-state index in [2.05, 4.69) is 32.3 Å². The molecule has 0 saturated carbocycles. The summed E-state index contributed by atoms with van der Waals surface area (Å²) in [6.07, 6.45) is 2.71. The van der Waals surface area contributed by atoms with Crippen LogP contribution in [0.5, 0.6) is 0 Å². The van der Waals surface area contributed by atoms with Crippen LogP contribution < -0.4 is 5.32 Å². The number of halogens is 1. The summed E-state index contributed by atoms with van der Waals surface area (Å²) in [5, 5.41) is 8.00. The molecule has 0 aliphatic carbocycles. The van der Waals surface area contributed by atoms with Crippen molar-refractivity contribution < 1.29 is 9.47 Å². The molecule has 0 amide bonds. The molecule has 0 bridgehead atoms. The molecule has 0 radical (unpaired) electrons. The number of methoxy groups -OCH3 is 1. The van der Waals surface area contributed by atoms with Crippen LogP contribution in [0.15, 0.2) is 18.3 Å². The standard InChI is InChI=1S/C18H23ClN6O2/c1-4-8-27-9-7-25-16-15(13(24-25)11-26-3)22-18(19)23-17(16)21-14-10-12(2)5-6-20-14/h5-6,10H,4,7-9,11H2,1-3H3,(H,20,21,22,23). The molecule has 0 saturated heterocycles. The lowest BCUT2D eigenvalue weighted by Crippen LogP contribution is -2.10. The Morgan fingerprint density at radius 3 is 2.85 bits per heavy atom. The van der Waals surface area contributed by atoms with Crippen molar-refractivity contribution in [3.8, 4) is 0 Å². The summed E-state index contributed by atoms with van der Waals surface area (Å²) in [7, 11) is 1.62. The summed E-state index contributed by atoms with van der Waals surface area (Å²) in [4.78, 5) is 13.1. The maximum atomic E-state index is 6.16. The SMILES string of the molecule is CCCOCCn1nc(COC)c2nc(Cl)nc(Nc3cc(C)ccn3)c21. The number of aryl methyl sites for hydroxylation is 1. The van der Waals surface area contributed by atoms with Gasteiger partial charge in [0.25, 0.3) is 0 Å². The number of ether oxygens (including phenoxy) is 2. The highest BCUT2D eigenvalue weighted by Crippen LogP contribution is 2.27. The number of pyridine rings is 1. The molecular formula is C18H23ClN6O2. The molecule has 8 nitrogen and oxygen atoms in total. The first-order valence-corrected chi connectivity index (χ1v) is 9.19. The van der Waals surface area contributed by atoms with Gasteiger partial charge in [0, 0.05) is 19.9 Å². The zero-order valence-electron chi connectivity index (χ0n) is 15.7. The Hall–Kier alpha value is -2.29. The van der Waals surface area contributed by atoms with Crippen molar-refractivity contribution in [1.29, 1.82) is 0 Å². The number of aromatic nitrogens is 5. The average Bonchev–Trinajstić information content (AvgIpc) is 2.97. The van der Waals surface area contributed by atoms with Crippen LogP contribution in [0.4, 0.5) is 11.6 Å². The summed E-state index contributed by atoms with van der Waals surface area (Å²) in [5.41, 5.74) is 3.19. The number of nitrogens with one attached hydrogen (secondary N) is 1. The van der Waals surface area contributed by atoms with Crippen molar-refractivity contribution >= 4 is 34.3 Å². The smallest absolute Gasteiger partial charge is 0.225 e. The molecule has 3 rings (SSSR count). The zero-order chi connectivity index (χ0) is 19.2. The van der Waals surface area contributed by atoms with Gasteiger partial charge in [-0.2, -0.15) is 10.1 Å². The van der Waals surface area contributed by atoms with Crippen molar-refractivity contribution in [1.82, 2.24) is 24.7 Å². The van der Waals surface area contributed by atoms with Crippen LogP contribution in [-0.2, 0) is 22.6 Å². The van der Waals surface area contributed by atoms with Gasteiger partial charge in [0.15, 0.2) is 5.82 Å². The molecule has 1 N–H and O–H groups in total. The lowest BCUT2D eigenvalue weighted by atomic mass is 10.3. The Morgan fingerprint density at radius 1 is 1.26 bits per heavy atom. The van der Waals surface area contributed by atoms with Crippen LogP contribution in [0.25, 0.3) is 11.0 Å². The van der Waals surface area contributed by atoms with E-state index in [0.29, 0.717) is 49.2 Å². The summed E-state index contributed by atoms with van der Waals surface area (Å²) in [5.74, 6) is 1.22. The highest BCUT2D eigenvalue weighted by atomic mass is 35.5. The number of anilines is 2. The van der Waals surface area contributed by atoms with E-state index in [0.717, 1.165) is 17.5 Å². The van der Waals surface area contributed by atoms with E-state index in [1.165, 1.54) is 0 Å². The van der Waals surface area contributed by atoms with Gasteiger partial charge in [0.1, 0.15) is 22.5 Å². The maximum Gasteiger partial charge on any atom is 0.225 e. The number of nitrogens with zero attached hydrogens (tertiary/aromatic N) is 5. The van der Waals surface area contributed by atoms with E-state index in [1.807, 2.05) is 23.7 Å². The minimum atomic E-state index is 0.136. The van der Waals surface area contributed by atoms with Gasteiger partial charge >= 0.3 is 0 Å². The Bertz CT molecular complexity index is 914. The van der Waals surface area contributed by atoms with Gasteiger partial charge in [0.2, 0.25) is 5.28 Å². The van der Waals surface area contributed by atoms with Gasteiger partial charge < -0.3 is 14.8 Å². The summed E-state index contributed by atoms with van der Waals surface area (Å²) in [6.45, 7) is 6.23. The van der Waals surface area contributed by atoms with E-state index in [-0.39, 0.29) is 5.28 Å². The molecule has 144 valence electrons. The molecule has 0 atom stereocenters. The van der Waals surface area contributed by atoms with E-state index in [4.69, 9.17) is 21.1 Å². The van der Waals surface area contributed by atoms with Gasteiger partial charge in [-0.1, -0.05) is 6.92 Å². The summed E-state index contributed by atoms with van der Waals surface area (Å²) >= 11 is 6.16.